The molecule has 0 radical (unpaired) electrons. The van der Waals surface area contributed by atoms with E-state index in [0.717, 1.165) is 16.7 Å². The number of hydrogen-bond donors (Lipinski definition) is 0. The summed E-state index contributed by atoms with van der Waals surface area (Å²) in [5.41, 5.74) is 2.84. The molecule has 3 aromatic carbocycles. The predicted molar refractivity (Wildman–Crippen MR) is 77.2 cm³/mol. The van der Waals surface area contributed by atoms with Crippen molar-refractivity contribution in [2.24, 2.45) is 0 Å². The van der Waals surface area contributed by atoms with Crippen molar-refractivity contribution in [2.75, 3.05) is 0 Å². The van der Waals surface area contributed by atoms with Gasteiger partial charge in [-0.25, -0.2) is 8.78 Å². The third-order valence-corrected chi connectivity index (χ3v) is 3.23. The Morgan fingerprint density at radius 2 is 1.20 bits per heavy atom. The van der Waals surface area contributed by atoms with E-state index < -0.39 is 0 Å². The predicted octanol–water partition coefficient (Wildman–Crippen LogP) is 5.30. The van der Waals surface area contributed by atoms with Gasteiger partial charge in [0.05, 0.1) is 0 Å². The first-order valence-electron chi connectivity index (χ1n) is 6.35. The van der Waals surface area contributed by atoms with Crippen LogP contribution >= 0.6 is 0 Å². The monoisotopic (exact) mass is 266 g/mol. The molecule has 0 N–H and O–H groups in total. The van der Waals surface area contributed by atoms with Crippen LogP contribution in [0.1, 0.15) is 0 Å². The molecule has 0 fully saturated rings. The van der Waals surface area contributed by atoms with E-state index in [2.05, 4.69) is 0 Å². The molecular weight excluding hydrogens is 254 g/mol. The Hall–Kier alpha value is -2.48. The van der Waals surface area contributed by atoms with Crippen LogP contribution in [0.3, 0.4) is 0 Å². The van der Waals surface area contributed by atoms with Gasteiger partial charge in [-0.15, -0.1) is 0 Å². The number of benzene rings is 3. The molecule has 3 aromatic rings. The van der Waals surface area contributed by atoms with Crippen LogP contribution < -0.4 is 0 Å². The van der Waals surface area contributed by atoms with Gasteiger partial charge in [0.15, 0.2) is 0 Å². The van der Waals surface area contributed by atoms with Gasteiger partial charge in [-0.3, -0.25) is 0 Å². The van der Waals surface area contributed by atoms with Gasteiger partial charge in [0.2, 0.25) is 0 Å². The highest BCUT2D eigenvalue weighted by Gasteiger charge is 2.10. The largest absolute Gasteiger partial charge is 0.207 e. The molecule has 0 amide bonds. The van der Waals surface area contributed by atoms with Gasteiger partial charge in [0.1, 0.15) is 11.6 Å². The number of halogens is 2. The summed E-state index contributed by atoms with van der Waals surface area (Å²) in [7, 11) is 0. The summed E-state index contributed by atoms with van der Waals surface area (Å²) in [6.07, 6.45) is 0. The van der Waals surface area contributed by atoms with E-state index in [4.69, 9.17) is 0 Å². The van der Waals surface area contributed by atoms with Gasteiger partial charge in [-0.1, -0.05) is 54.6 Å². The quantitative estimate of drug-likeness (QED) is 0.590. The Morgan fingerprint density at radius 1 is 0.550 bits per heavy atom. The van der Waals surface area contributed by atoms with E-state index in [1.807, 2.05) is 30.3 Å². The summed E-state index contributed by atoms with van der Waals surface area (Å²) in [5.74, 6) is -0.581. The van der Waals surface area contributed by atoms with Crippen molar-refractivity contribution in [1.29, 1.82) is 0 Å². The van der Waals surface area contributed by atoms with Crippen molar-refractivity contribution in [2.45, 2.75) is 0 Å². The highest BCUT2D eigenvalue weighted by molar-refractivity contribution is 5.83. The lowest BCUT2D eigenvalue weighted by Crippen LogP contribution is -1.88. The van der Waals surface area contributed by atoms with Crippen molar-refractivity contribution in [3.63, 3.8) is 0 Å². The first-order chi connectivity index (χ1) is 9.75. The van der Waals surface area contributed by atoms with Crippen LogP contribution in [0.15, 0.2) is 72.8 Å². The summed E-state index contributed by atoms with van der Waals surface area (Å²) in [6.45, 7) is 0. The zero-order chi connectivity index (χ0) is 13.9. The Bertz CT molecular complexity index is 748. The van der Waals surface area contributed by atoms with E-state index in [-0.39, 0.29) is 11.6 Å². The zero-order valence-electron chi connectivity index (χ0n) is 10.7. The van der Waals surface area contributed by atoms with E-state index in [1.54, 1.807) is 24.3 Å². The molecule has 0 aromatic heterocycles. The fraction of sp³-hybridized carbons (Fsp3) is 0. The molecule has 0 saturated heterocycles. The molecule has 0 bridgehead atoms. The second-order valence-electron chi connectivity index (χ2n) is 4.54. The molecule has 0 saturated carbocycles. The van der Waals surface area contributed by atoms with Crippen LogP contribution in [0.2, 0.25) is 0 Å². The molecule has 3 rings (SSSR count). The Kier molecular flexibility index (Phi) is 3.30. The van der Waals surface area contributed by atoms with Crippen LogP contribution in [-0.2, 0) is 0 Å². The summed E-state index contributed by atoms with van der Waals surface area (Å²) in [6, 6.07) is 20.4. The molecule has 0 nitrogen and oxygen atoms in total. The minimum Gasteiger partial charge on any atom is -0.207 e. The van der Waals surface area contributed by atoms with Crippen molar-refractivity contribution >= 4 is 0 Å². The van der Waals surface area contributed by atoms with Crippen LogP contribution in [0.5, 0.6) is 0 Å². The van der Waals surface area contributed by atoms with Crippen molar-refractivity contribution < 1.29 is 8.78 Å². The highest BCUT2D eigenvalue weighted by Crippen LogP contribution is 2.33. The van der Waals surface area contributed by atoms with Crippen LogP contribution in [0.4, 0.5) is 8.78 Å². The SMILES string of the molecule is Fc1cccc(-c2ccccc2-c2ccccc2F)c1. The Balaban J connectivity index is 2.22. The second kappa shape index (κ2) is 5.25. The molecule has 98 valence electrons. The van der Waals surface area contributed by atoms with Gasteiger partial charge < -0.3 is 0 Å². The summed E-state index contributed by atoms with van der Waals surface area (Å²) in [5, 5.41) is 0. The normalized spacial score (nSPS) is 10.5. The molecule has 0 heterocycles. The third-order valence-electron chi connectivity index (χ3n) is 3.23. The summed E-state index contributed by atoms with van der Waals surface area (Å²) in [4.78, 5) is 0. The van der Waals surface area contributed by atoms with E-state index in [9.17, 15) is 8.78 Å². The third kappa shape index (κ3) is 2.32. The first-order valence-corrected chi connectivity index (χ1v) is 6.35. The number of hydrogen-bond acceptors (Lipinski definition) is 0. The highest BCUT2D eigenvalue weighted by atomic mass is 19.1. The maximum absolute atomic E-state index is 14.0. The van der Waals surface area contributed by atoms with Crippen molar-refractivity contribution in [1.82, 2.24) is 0 Å². The van der Waals surface area contributed by atoms with Gasteiger partial charge >= 0.3 is 0 Å². The fourth-order valence-electron chi connectivity index (χ4n) is 2.31. The minimum atomic E-state index is -0.300. The molecule has 0 aliphatic carbocycles. The lowest BCUT2D eigenvalue weighted by Gasteiger charge is -2.11. The molecule has 20 heavy (non-hydrogen) atoms. The van der Waals surface area contributed by atoms with E-state index in [1.165, 1.54) is 18.2 Å². The number of rotatable bonds is 2. The molecule has 0 aliphatic rings. The molecule has 0 aliphatic heterocycles. The molecule has 0 atom stereocenters. The maximum atomic E-state index is 14.0. The summed E-state index contributed by atoms with van der Waals surface area (Å²) >= 11 is 0. The molecular formula is C18H12F2. The lowest BCUT2D eigenvalue weighted by molar-refractivity contribution is 0.628. The van der Waals surface area contributed by atoms with Crippen molar-refractivity contribution in [3.8, 4) is 22.3 Å². The van der Waals surface area contributed by atoms with Gasteiger partial charge in [0, 0.05) is 5.56 Å². The Labute approximate surface area is 116 Å². The maximum Gasteiger partial charge on any atom is 0.131 e. The van der Waals surface area contributed by atoms with E-state index >= 15 is 0 Å². The van der Waals surface area contributed by atoms with Gasteiger partial charge in [-0.05, 0) is 34.9 Å². The average molecular weight is 266 g/mol. The Morgan fingerprint density at radius 3 is 1.90 bits per heavy atom. The second-order valence-corrected chi connectivity index (χ2v) is 4.54. The van der Waals surface area contributed by atoms with Crippen molar-refractivity contribution in [3.05, 3.63) is 84.4 Å². The molecule has 2 heteroatoms. The molecule has 0 spiro atoms. The minimum absolute atomic E-state index is 0.281. The molecule has 0 unspecified atom stereocenters. The average Bonchev–Trinajstić information content (AvgIpc) is 2.48. The summed E-state index contributed by atoms with van der Waals surface area (Å²) < 4.78 is 27.4. The topological polar surface area (TPSA) is 0 Å². The van der Waals surface area contributed by atoms with Crippen LogP contribution in [-0.4, -0.2) is 0 Å². The van der Waals surface area contributed by atoms with Crippen LogP contribution in [0.25, 0.3) is 22.3 Å². The van der Waals surface area contributed by atoms with E-state index in [0.29, 0.717) is 5.56 Å². The lowest BCUT2D eigenvalue weighted by atomic mass is 9.94. The zero-order valence-corrected chi connectivity index (χ0v) is 10.7. The smallest absolute Gasteiger partial charge is 0.131 e. The fourth-order valence-corrected chi connectivity index (χ4v) is 2.31. The van der Waals surface area contributed by atoms with Gasteiger partial charge in [-0.2, -0.15) is 0 Å². The standard InChI is InChI=1S/C18H12F2/c19-14-7-5-6-13(12-14)15-8-1-2-9-16(15)17-10-3-4-11-18(17)20/h1-12H. The van der Waals surface area contributed by atoms with Gasteiger partial charge in [0.25, 0.3) is 0 Å². The van der Waals surface area contributed by atoms with Crippen LogP contribution in [0, 0.1) is 11.6 Å². The first kappa shape index (κ1) is 12.5.